The van der Waals surface area contributed by atoms with E-state index in [-0.39, 0.29) is 5.91 Å². The molecule has 4 heteroatoms. The SMILES string of the molecule is CN(C(=O)c1cccc(F)c1)C(C)(C)CCl. The highest BCUT2D eigenvalue weighted by molar-refractivity contribution is 6.18. The van der Waals surface area contributed by atoms with E-state index in [0.717, 1.165) is 0 Å². The molecular formula is C12H15ClFNO. The maximum atomic E-state index is 13.0. The van der Waals surface area contributed by atoms with Gasteiger partial charge in [-0.25, -0.2) is 4.39 Å². The topological polar surface area (TPSA) is 20.3 Å². The number of amides is 1. The summed E-state index contributed by atoms with van der Waals surface area (Å²) in [7, 11) is 1.66. The van der Waals surface area contributed by atoms with Crippen LogP contribution >= 0.6 is 11.6 Å². The third-order valence-corrected chi connectivity index (χ3v) is 3.27. The molecule has 0 bridgehead atoms. The highest BCUT2D eigenvalue weighted by Gasteiger charge is 2.27. The number of halogens is 2. The summed E-state index contributed by atoms with van der Waals surface area (Å²) in [5.41, 5.74) is -0.119. The fraction of sp³-hybridized carbons (Fsp3) is 0.417. The van der Waals surface area contributed by atoms with Crippen molar-refractivity contribution in [3.8, 4) is 0 Å². The average molecular weight is 244 g/mol. The molecule has 0 aliphatic heterocycles. The third-order valence-electron chi connectivity index (χ3n) is 2.61. The molecule has 0 fully saturated rings. The molecule has 1 rings (SSSR count). The largest absolute Gasteiger partial charge is 0.335 e. The number of rotatable bonds is 3. The lowest BCUT2D eigenvalue weighted by Gasteiger charge is -2.33. The molecule has 0 radical (unpaired) electrons. The van der Waals surface area contributed by atoms with Gasteiger partial charge in [0.15, 0.2) is 0 Å². The summed E-state index contributed by atoms with van der Waals surface area (Å²) in [6.07, 6.45) is 0. The van der Waals surface area contributed by atoms with Gasteiger partial charge >= 0.3 is 0 Å². The molecule has 1 aromatic rings. The first-order valence-corrected chi connectivity index (χ1v) is 5.51. The smallest absolute Gasteiger partial charge is 0.254 e. The molecule has 1 amide bonds. The predicted octanol–water partition coefficient (Wildman–Crippen LogP) is 2.92. The maximum absolute atomic E-state index is 13.0. The van der Waals surface area contributed by atoms with Gasteiger partial charge in [-0.15, -0.1) is 11.6 Å². The summed E-state index contributed by atoms with van der Waals surface area (Å²) in [5, 5.41) is 0. The first-order valence-electron chi connectivity index (χ1n) is 4.98. The van der Waals surface area contributed by atoms with Crippen LogP contribution in [0.4, 0.5) is 4.39 Å². The van der Waals surface area contributed by atoms with Gasteiger partial charge in [-0.05, 0) is 32.0 Å². The minimum atomic E-state index is -0.453. The van der Waals surface area contributed by atoms with Gasteiger partial charge < -0.3 is 4.90 Å². The molecule has 0 atom stereocenters. The molecule has 0 saturated carbocycles. The van der Waals surface area contributed by atoms with E-state index in [1.165, 1.54) is 23.1 Å². The van der Waals surface area contributed by atoms with E-state index in [1.807, 2.05) is 13.8 Å². The molecule has 16 heavy (non-hydrogen) atoms. The van der Waals surface area contributed by atoms with Gasteiger partial charge in [0.25, 0.3) is 5.91 Å². The summed E-state index contributed by atoms with van der Waals surface area (Å²) in [6, 6.07) is 5.64. The second-order valence-electron chi connectivity index (χ2n) is 4.32. The summed E-state index contributed by atoms with van der Waals surface area (Å²) in [5.74, 6) is -0.321. The van der Waals surface area contributed by atoms with Crippen LogP contribution in [0.15, 0.2) is 24.3 Å². The van der Waals surface area contributed by atoms with E-state index in [0.29, 0.717) is 11.4 Å². The first kappa shape index (κ1) is 13.0. The van der Waals surface area contributed by atoms with Crippen LogP contribution in [0.25, 0.3) is 0 Å². The molecule has 88 valence electrons. The maximum Gasteiger partial charge on any atom is 0.254 e. The molecule has 0 heterocycles. The van der Waals surface area contributed by atoms with Crippen LogP contribution in [-0.4, -0.2) is 29.3 Å². The Morgan fingerprint density at radius 2 is 2.12 bits per heavy atom. The van der Waals surface area contributed by atoms with Gasteiger partial charge in [-0.1, -0.05) is 6.07 Å². The Hall–Kier alpha value is -1.09. The second kappa shape index (κ2) is 4.83. The van der Waals surface area contributed by atoms with E-state index in [9.17, 15) is 9.18 Å². The zero-order valence-electron chi connectivity index (χ0n) is 9.63. The summed E-state index contributed by atoms with van der Waals surface area (Å²) < 4.78 is 13.0. The van der Waals surface area contributed by atoms with Crippen molar-refractivity contribution < 1.29 is 9.18 Å². The summed E-state index contributed by atoms with van der Waals surface area (Å²) in [4.78, 5) is 13.5. The zero-order valence-corrected chi connectivity index (χ0v) is 10.4. The molecule has 0 aliphatic rings. The number of alkyl halides is 1. The Balaban J connectivity index is 2.95. The second-order valence-corrected chi connectivity index (χ2v) is 4.59. The Morgan fingerprint density at radius 1 is 1.50 bits per heavy atom. The van der Waals surface area contributed by atoms with Crippen LogP contribution in [0.1, 0.15) is 24.2 Å². The molecule has 0 N–H and O–H groups in total. The first-order chi connectivity index (χ1) is 7.38. The minimum absolute atomic E-state index is 0.231. The number of hydrogen-bond donors (Lipinski definition) is 0. The summed E-state index contributed by atoms with van der Waals surface area (Å²) >= 11 is 5.78. The molecule has 0 saturated heterocycles. The van der Waals surface area contributed by atoms with Crippen molar-refractivity contribution in [3.63, 3.8) is 0 Å². The van der Waals surface area contributed by atoms with Crippen LogP contribution in [0.5, 0.6) is 0 Å². The molecule has 0 spiro atoms. The van der Waals surface area contributed by atoms with E-state index < -0.39 is 11.4 Å². The van der Waals surface area contributed by atoms with Crippen LogP contribution in [0.2, 0.25) is 0 Å². The lowest BCUT2D eigenvalue weighted by Crippen LogP contribution is -2.46. The van der Waals surface area contributed by atoms with Gasteiger partial charge in [0, 0.05) is 18.5 Å². The fourth-order valence-electron chi connectivity index (χ4n) is 1.18. The number of carbonyl (C=O) groups is 1. The number of carbonyl (C=O) groups excluding carboxylic acids is 1. The quantitative estimate of drug-likeness (QED) is 0.748. The van der Waals surface area contributed by atoms with Crippen molar-refractivity contribution >= 4 is 17.5 Å². The van der Waals surface area contributed by atoms with Crippen molar-refractivity contribution in [1.82, 2.24) is 4.90 Å². The molecule has 0 aromatic heterocycles. The van der Waals surface area contributed by atoms with Crippen molar-refractivity contribution in [1.29, 1.82) is 0 Å². The molecule has 1 aromatic carbocycles. The third kappa shape index (κ3) is 2.73. The van der Waals surface area contributed by atoms with E-state index in [1.54, 1.807) is 13.1 Å². The lowest BCUT2D eigenvalue weighted by atomic mass is 10.0. The highest BCUT2D eigenvalue weighted by Crippen LogP contribution is 2.17. The van der Waals surface area contributed by atoms with Crippen molar-refractivity contribution in [2.24, 2.45) is 0 Å². The molecular weight excluding hydrogens is 229 g/mol. The van der Waals surface area contributed by atoms with E-state index in [4.69, 9.17) is 11.6 Å². The Bertz CT molecular complexity index is 392. The normalized spacial score (nSPS) is 11.3. The van der Waals surface area contributed by atoms with Gasteiger partial charge in [0.1, 0.15) is 5.82 Å². The van der Waals surface area contributed by atoms with Crippen LogP contribution in [0.3, 0.4) is 0 Å². The van der Waals surface area contributed by atoms with Gasteiger partial charge in [0.05, 0.1) is 5.54 Å². The van der Waals surface area contributed by atoms with Gasteiger partial charge in [0.2, 0.25) is 0 Å². The highest BCUT2D eigenvalue weighted by atomic mass is 35.5. The van der Waals surface area contributed by atoms with Crippen molar-refractivity contribution in [3.05, 3.63) is 35.6 Å². The van der Waals surface area contributed by atoms with Gasteiger partial charge in [-0.3, -0.25) is 4.79 Å². The average Bonchev–Trinajstić information content (AvgIpc) is 2.27. The monoisotopic (exact) mass is 243 g/mol. The van der Waals surface area contributed by atoms with Crippen LogP contribution in [0, 0.1) is 5.82 Å². The van der Waals surface area contributed by atoms with Crippen LogP contribution in [-0.2, 0) is 0 Å². The fourth-order valence-corrected chi connectivity index (χ4v) is 1.36. The minimum Gasteiger partial charge on any atom is -0.335 e. The number of hydrogen-bond acceptors (Lipinski definition) is 1. The van der Waals surface area contributed by atoms with Crippen LogP contribution < -0.4 is 0 Å². The Morgan fingerprint density at radius 3 is 2.62 bits per heavy atom. The molecule has 0 aliphatic carbocycles. The molecule has 0 unspecified atom stereocenters. The zero-order chi connectivity index (χ0) is 12.3. The molecule has 2 nitrogen and oxygen atoms in total. The lowest BCUT2D eigenvalue weighted by molar-refractivity contribution is 0.0659. The summed E-state index contributed by atoms with van der Waals surface area (Å²) in [6.45, 7) is 3.72. The van der Waals surface area contributed by atoms with Gasteiger partial charge in [-0.2, -0.15) is 0 Å². The van der Waals surface area contributed by atoms with E-state index in [2.05, 4.69) is 0 Å². The van der Waals surface area contributed by atoms with Crippen molar-refractivity contribution in [2.45, 2.75) is 19.4 Å². The Kier molecular flexibility index (Phi) is 3.92. The predicted molar refractivity (Wildman–Crippen MR) is 63.3 cm³/mol. The number of benzene rings is 1. The van der Waals surface area contributed by atoms with Crippen molar-refractivity contribution in [2.75, 3.05) is 12.9 Å². The Labute approximate surface area is 100 Å². The number of nitrogens with zero attached hydrogens (tertiary/aromatic N) is 1. The van der Waals surface area contributed by atoms with E-state index >= 15 is 0 Å². The standard InChI is InChI=1S/C12H15ClFNO/c1-12(2,8-13)15(3)11(16)9-5-4-6-10(14)7-9/h4-7H,8H2,1-3H3.